The van der Waals surface area contributed by atoms with E-state index >= 15 is 0 Å². The van der Waals surface area contributed by atoms with Crippen LogP contribution in [0, 0.1) is 5.41 Å². The van der Waals surface area contributed by atoms with Crippen LogP contribution in [-0.2, 0) is 11.3 Å². The fourth-order valence-electron chi connectivity index (χ4n) is 2.88. The Kier molecular flexibility index (Phi) is 2.63. The summed E-state index contributed by atoms with van der Waals surface area (Å²) in [6, 6.07) is 8.73. The summed E-state index contributed by atoms with van der Waals surface area (Å²) in [5.74, 6) is 0.694. The average molecular weight is 230 g/mol. The largest absolute Gasteiger partial charge is 0.378 e. The van der Waals surface area contributed by atoms with E-state index in [0.717, 1.165) is 31.6 Å². The van der Waals surface area contributed by atoms with Gasteiger partial charge >= 0.3 is 0 Å². The van der Waals surface area contributed by atoms with Gasteiger partial charge in [0.25, 0.3) is 0 Å². The lowest BCUT2D eigenvalue weighted by atomic mass is 10.0. The first kappa shape index (κ1) is 10.8. The standard InChI is InChI=1S/C14H18N2O/c1-10-8-12(6-7-17-10)16-9-11-4-2-3-5-13(11)14(16)15/h2-5,10,12,15H,6-9H2,1H3. The third kappa shape index (κ3) is 1.84. The topological polar surface area (TPSA) is 36.3 Å². The number of fused-ring (bicyclic) bond motifs is 1. The number of amidine groups is 1. The molecular formula is C14H18N2O. The Morgan fingerprint density at radius 3 is 2.94 bits per heavy atom. The van der Waals surface area contributed by atoms with Crippen molar-refractivity contribution in [3.63, 3.8) is 0 Å². The zero-order chi connectivity index (χ0) is 11.8. The van der Waals surface area contributed by atoms with Crippen LogP contribution in [0.1, 0.15) is 30.9 Å². The molecule has 90 valence electrons. The summed E-state index contributed by atoms with van der Waals surface area (Å²) in [4.78, 5) is 2.24. The van der Waals surface area contributed by atoms with E-state index < -0.39 is 0 Å². The first-order chi connectivity index (χ1) is 8.25. The second-order valence-electron chi connectivity index (χ2n) is 4.99. The summed E-state index contributed by atoms with van der Waals surface area (Å²) >= 11 is 0. The van der Waals surface area contributed by atoms with Gasteiger partial charge in [0.2, 0.25) is 0 Å². The summed E-state index contributed by atoms with van der Waals surface area (Å²) in [5, 5.41) is 8.28. The Balaban J connectivity index is 1.81. The van der Waals surface area contributed by atoms with Crippen LogP contribution in [0.4, 0.5) is 0 Å². The molecule has 0 spiro atoms. The van der Waals surface area contributed by atoms with E-state index in [-0.39, 0.29) is 0 Å². The predicted octanol–water partition coefficient (Wildman–Crippen LogP) is 2.40. The minimum atomic E-state index is 0.324. The zero-order valence-corrected chi connectivity index (χ0v) is 10.1. The number of nitrogens with one attached hydrogen (secondary N) is 1. The SMILES string of the molecule is CC1CC(N2Cc3ccccc3C2=N)CCO1. The molecule has 0 amide bonds. The first-order valence-corrected chi connectivity index (χ1v) is 6.31. The van der Waals surface area contributed by atoms with Crippen molar-refractivity contribution in [1.82, 2.24) is 4.90 Å². The van der Waals surface area contributed by atoms with Gasteiger partial charge in [0, 0.05) is 24.8 Å². The summed E-state index contributed by atoms with van der Waals surface area (Å²) in [6.07, 6.45) is 2.40. The molecule has 3 rings (SSSR count). The number of rotatable bonds is 1. The van der Waals surface area contributed by atoms with E-state index in [4.69, 9.17) is 10.1 Å². The molecule has 2 atom stereocenters. The van der Waals surface area contributed by atoms with Gasteiger partial charge in [0.1, 0.15) is 5.84 Å². The average Bonchev–Trinajstić information content (AvgIpc) is 2.68. The van der Waals surface area contributed by atoms with Crippen LogP contribution in [0.15, 0.2) is 24.3 Å². The Morgan fingerprint density at radius 1 is 1.35 bits per heavy atom. The van der Waals surface area contributed by atoms with Gasteiger partial charge in [-0.2, -0.15) is 0 Å². The van der Waals surface area contributed by atoms with Gasteiger partial charge in [-0.25, -0.2) is 0 Å². The molecule has 1 N–H and O–H groups in total. The lowest BCUT2D eigenvalue weighted by molar-refractivity contribution is -0.00370. The molecule has 0 aliphatic carbocycles. The molecule has 0 aromatic heterocycles. The van der Waals surface area contributed by atoms with Gasteiger partial charge in [-0.1, -0.05) is 24.3 Å². The Morgan fingerprint density at radius 2 is 2.18 bits per heavy atom. The van der Waals surface area contributed by atoms with Crippen molar-refractivity contribution in [3.05, 3.63) is 35.4 Å². The first-order valence-electron chi connectivity index (χ1n) is 6.31. The molecule has 17 heavy (non-hydrogen) atoms. The Bertz CT molecular complexity index is 444. The number of benzene rings is 1. The van der Waals surface area contributed by atoms with Crippen LogP contribution in [0.3, 0.4) is 0 Å². The highest BCUT2D eigenvalue weighted by molar-refractivity contribution is 6.00. The maximum absolute atomic E-state index is 8.28. The molecule has 1 aromatic rings. The zero-order valence-electron chi connectivity index (χ0n) is 10.1. The number of ether oxygens (including phenoxy) is 1. The predicted molar refractivity (Wildman–Crippen MR) is 67.2 cm³/mol. The molecule has 2 aliphatic rings. The monoisotopic (exact) mass is 230 g/mol. The highest BCUT2D eigenvalue weighted by atomic mass is 16.5. The van der Waals surface area contributed by atoms with Gasteiger partial charge in [0.05, 0.1) is 6.10 Å². The fraction of sp³-hybridized carbons (Fsp3) is 0.500. The molecule has 0 bridgehead atoms. The highest BCUT2D eigenvalue weighted by Crippen LogP contribution is 2.29. The van der Waals surface area contributed by atoms with Crippen molar-refractivity contribution < 1.29 is 4.74 Å². The van der Waals surface area contributed by atoms with Crippen LogP contribution in [-0.4, -0.2) is 29.5 Å². The molecule has 2 aliphatic heterocycles. The molecule has 1 fully saturated rings. The summed E-state index contributed by atoms with van der Waals surface area (Å²) in [5.41, 5.74) is 2.39. The second-order valence-corrected chi connectivity index (χ2v) is 4.99. The van der Waals surface area contributed by atoms with E-state index in [2.05, 4.69) is 30.0 Å². The summed E-state index contributed by atoms with van der Waals surface area (Å²) < 4.78 is 5.58. The number of hydrogen-bond donors (Lipinski definition) is 1. The minimum absolute atomic E-state index is 0.324. The van der Waals surface area contributed by atoms with E-state index in [0.29, 0.717) is 18.0 Å². The van der Waals surface area contributed by atoms with Gasteiger partial charge < -0.3 is 9.64 Å². The molecule has 2 unspecified atom stereocenters. The van der Waals surface area contributed by atoms with Crippen LogP contribution in [0.2, 0.25) is 0 Å². The van der Waals surface area contributed by atoms with Gasteiger partial charge in [-0.05, 0) is 25.3 Å². The lowest BCUT2D eigenvalue weighted by Gasteiger charge is -2.35. The van der Waals surface area contributed by atoms with E-state index in [1.54, 1.807) is 0 Å². The quantitative estimate of drug-likeness (QED) is 0.804. The molecule has 3 nitrogen and oxygen atoms in total. The number of nitrogens with zero attached hydrogens (tertiary/aromatic N) is 1. The normalized spacial score (nSPS) is 28.3. The van der Waals surface area contributed by atoms with Crippen LogP contribution in [0.5, 0.6) is 0 Å². The van der Waals surface area contributed by atoms with Crippen molar-refractivity contribution >= 4 is 5.84 Å². The number of hydrogen-bond acceptors (Lipinski definition) is 2. The van der Waals surface area contributed by atoms with Gasteiger partial charge in [0.15, 0.2) is 0 Å². The Labute approximate surface area is 102 Å². The molecule has 1 saturated heterocycles. The van der Waals surface area contributed by atoms with Crippen molar-refractivity contribution in [1.29, 1.82) is 5.41 Å². The van der Waals surface area contributed by atoms with E-state index in [1.807, 2.05) is 6.07 Å². The third-order valence-electron chi connectivity index (χ3n) is 3.80. The molecule has 0 radical (unpaired) electrons. The molecule has 1 aromatic carbocycles. The maximum atomic E-state index is 8.28. The smallest absolute Gasteiger partial charge is 0.128 e. The van der Waals surface area contributed by atoms with Crippen LogP contribution < -0.4 is 0 Å². The molecule has 2 heterocycles. The van der Waals surface area contributed by atoms with Crippen molar-refractivity contribution in [3.8, 4) is 0 Å². The van der Waals surface area contributed by atoms with E-state index in [9.17, 15) is 0 Å². The van der Waals surface area contributed by atoms with Crippen LogP contribution >= 0.6 is 0 Å². The maximum Gasteiger partial charge on any atom is 0.128 e. The third-order valence-corrected chi connectivity index (χ3v) is 3.80. The Hall–Kier alpha value is -1.35. The van der Waals surface area contributed by atoms with Gasteiger partial charge in [-0.3, -0.25) is 5.41 Å². The second kappa shape index (κ2) is 4.15. The van der Waals surface area contributed by atoms with Crippen molar-refractivity contribution in [2.75, 3.05) is 6.61 Å². The summed E-state index contributed by atoms with van der Waals surface area (Å²) in [7, 11) is 0. The fourth-order valence-corrected chi connectivity index (χ4v) is 2.88. The molecule has 3 heteroatoms. The molecular weight excluding hydrogens is 212 g/mol. The van der Waals surface area contributed by atoms with Crippen molar-refractivity contribution in [2.45, 2.75) is 38.5 Å². The van der Waals surface area contributed by atoms with Crippen molar-refractivity contribution in [2.24, 2.45) is 0 Å². The minimum Gasteiger partial charge on any atom is -0.378 e. The van der Waals surface area contributed by atoms with E-state index in [1.165, 1.54) is 5.56 Å². The highest BCUT2D eigenvalue weighted by Gasteiger charge is 2.32. The lowest BCUT2D eigenvalue weighted by Crippen LogP contribution is -2.41. The summed E-state index contributed by atoms with van der Waals surface area (Å²) in [6.45, 7) is 3.84. The van der Waals surface area contributed by atoms with Crippen LogP contribution in [0.25, 0.3) is 0 Å². The molecule has 0 saturated carbocycles. The van der Waals surface area contributed by atoms with Gasteiger partial charge in [-0.15, -0.1) is 0 Å².